The highest BCUT2D eigenvalue weighted by Gasteiger charge is 2.22. The van der Waals surface area contributed by atoms with Crippen molar-refractivity contribution in [3.05, 3.63) is 47.4 Å². The molecule has 1 saturated heterocycles. The number of hydrogen-bond acceptors (Lipinski definition) is 5. The molecule has 0 aliphatic carbocycles. The standard InChI is InChI=1S/C24H33N3O4/c1-3-29-22-12-19-11-17(2)31-23(19)13-20(22)15-27-24(26-14-18-7-10-28-16-18)25-8-6-21-5-4-9-30-21/h4-5,9,12-13,17-18H,3,6-8,10-11,14-16H2,1-2H3,(H2,25,26,27). The highest BCUT2D eigenvalue weighted by Crippen LogP contribution is 2.35. The van der Waals surface area contributed by atoms with Crippen molar-refractivity contribution < 1.29 is 18.6 Å². The largest absolute Gasteiger partial charge is 0.494 e. The van der Waals surface area contributed by atoms with Gasteiger partial charge in [-0.2, -0.15) is 0 Å². The summed E-state index contributed by atoms with van der Waals surface area (Å²) < 4.78 is 22.8. The van der Waals surface area contributed by atoms with Gasteiger partial charge in [0.05, 0.1) is 26.0 Å². The summed E-state index contributed by atoms with van der Waals surface area (Å²) in [7, 11) is 0. The Hall–Kier alpha value is -2.67. The van der Waals surface area contributed by atoms with E-state index in [0.717, 1.165) is 74.3 Å². The summed E-state index contributed by atoms with van der Waals surface area (Å²) in [5, 5.41) is 6.91. The van der Waals surface area contributed by atoms with Gasteiger partial charge in [0, 0.05) is 49.6 Å². The van der Waals surface area contributed by atoms with E-state index in [9.17, 15) is 0 Å². The van der Waals surface area contributed by atoms with Gasteiger partial charge in [-0.25, -0.2) is 4.99 Å². The van der Waals surface area contributed by atoms with E-state index in [-0.39, 0.29) is 6.10 Å². The van der Waals surface area contributed by atoms with Crippen LogP contribution in [0, 0.1) is 5.92 Å². The smallest absolute Gasteiger partial charge is 0.191 e. The van der Waals surface area contributed by atoms with Crippen molar-refractivity contribution in [2.24, 2.45) is 10.9 Å². The summed E-state index contributed by atoms with van der Waals surface area (Å²) in [4.78, 5) is 4.85. The summed E-state index contributed by atoms with van der Waals surface area (Å²) in [5.41, 5.74) is 2.24. The van der Waals surface area contributed by atoms with Crippen LogP contribution in [0.3, 0.4) is 0 Å². The molecule has 4 rings (SSSR count). The molecule has 0 amide bonds. The van der Waals surface area contributed by atoms with Crippen LogP contribution in [-0.2, 0) is 24.1 Å². The summed E-state index contributed by atoms with van der Waals surface area (Å²) in [6, 6.07) is 8.09. The van der Waals surface area contributed by atoms with E-state index in [1.165, 1.54) is 5.56 Å². The summed E-state index contributed by atoms with van der Waals surface area (Å²) in [6.07, 6.45) is 4.71. The number of nitrogens with zero attached hydrogens (tertiary/aromatic N) is 1. The third-order valence-electron chi connectivity index (χ3n) is 5.61. The predicted octanol–water partition coefficient (Wildman–Crippen LogP) is 3.32. The topological polar surface area (TPSA) is 77.2 Å². The van der Waals surface area contributed by atoms with Crippen LogP contribution in [0.25, 0.3) is 0 Å². The van der Waals surface area contributed by atoms with Gasteiger partial charge in [0.2, 0.25) is 0 Å². The number of guanidine groups is 1. The minimum absolute atomic E-state index is 0.206. The fourth-order valence-corrected chi connectivity index (χ4v) is 3.98. The molecular weight excluding hydrogens is 394 g/mol. The van der Waals surface area contributed by atoms with Crippen molar-refractivity contribution in [3.63, 3.8) is 0 Å². The minimum atomic E-state index is 0.206. The number of fused-ring (bicyclic) bond motifs is 1. The van der Waals surface area contributed by atoms with Crippen LogP contribution >= 0.6 is 0 Å². The fourth-order valence-electron chi connectivity index (χ4n) is 3.98. The highest BCUT2D eigenvalue weighted by atomic mass is 16.5. The number of ether oxygens (including phenoxy) is 3. The van der Waals surface area contributed by atoms with Crippen LogP contribution in [0.2, 0.25) is 0 Å². The van der Waals surface area contributed by atoms with Gasteiger partial charge in [0.25, 0.3) is 0 Å². The van der Waals surface area contributed by atoms with Crippen molar-refractivity contribution in [2.45, 2.75) is 45.8 Å². The molecule has 7 heteroatoms. The maximum atomic E-state index is 5.95. The molecule has 0 radical (unpaired) electrons. The van der Waals surface area contributed by atoms with Crippen molar-refractivity contribution >= 4 is 5.96 Å². The van der Waals surface area contributed by atoms with Gasteiger partial charge in [-0.15, -0.1) is 0 Å². The van der Waals surface area contributed by atoms with Crippen LogP contribution in [0.4, 0.5) is 0 Å². The second kappa shape index (κ2) is 10.6. The molecule has 168 valence electrons. The third kappa shape index (κ3) is 5.94. The molecule has 2 aliphatic rings. The van der Waals surface area contributed by atoms with Crippen LogP contribution in [0.5, 0.6) is 11.5 Å². The van der Waals surface area contributed by atoms with Crippen LogP contribution < -0.4 is 20.1 Å². The number of hydrogen-bond donors (Lipinski definition) is 2. The first-order valence-corrected chi connectivity index (χ1v) is 11.3. The zero-order chi connectivity index (χ0) is 21.5. The lowest BCUT2D eigenvalue weighted by molar-refractivity contribution is 0.186. The second-order valence-electron chi connectivity index (χ2n) is 8.16. The first-order valence-electron chi connectivity index (χ1n) is 11.3. The average Bonchev–Trinajstić information content (AvgIpc) is 3.51. The second-order valence-corrected chi connectivity index (χ2v) is 8.16. The Balaban J connectivity index is 1.44. The maximum absolute atomic E-state index is 5.95. The van der Waals surface area contributed by atoms with Gasteiger partial charge in [0.15, 0.2) is 5.96 Å². The SMILES string of the molecule is CCOc1cc2c(cc1CN=C(NCCc1ccco1)NCC1CCOC1)OC(C)C2. The Morgan fingerprint density at radius 3 is 3.00 bits per heavy atom. The number of nitrogens with one attached hydrogen (secondary N) is 2. The maximum Gasteiger partial charge on any atom is 0.191 e. The van der Waals surface area contributed by atoms with E-state index < -0.39 is 0 Å². The number of benzene rings is 1. The molecule has 0 spiro atoms. The minimum Gasteiger partial charge on any atom is -0.494 e. The molecule has 2 aliphatic heterocycles. The van der Waals surface area contributed by atoms with Crippen LogP contribution in [0.15, 0.2) is 39.9 Å². The molecule has 0 saturated carbocycles. The average molecular weight is 428 g/mol. The van der Waals surface area contributed by atoms with Gasteiger partial charge >= 0.3 is 0 Å². The van der Waals surface area contributed by atoms with E-state index in [1.54, 1.807) is 6.26 Å². The molecule has 1 fully saturated rings. The van der Waals surface area contributed by atoms with Crippen LogP contribution in [-0.4, -0.2) is 45.0 Å². The van der Waals surface area contributed by atoms with Crippen molar-refractivity contribution in [1.82, 2.24) is 10.6 Å². The van der Waals surface area contributed by atoms with Gasteiger partial charge < -0.3 is 29.3 Å². The first-order chi connectivity index (χ1) is 15.2. The first kappa shape index (κ1) is 21.6. The molecule has 3 heterocycles. The Labute approximate surface area is 184 Å². The van der Waals surface area contributed by atoms with E-state index in [4.69, 9.17) is 23.6 Å². The number of furan rings is 1. The molecule has 2 unspecified atom stereocenters. The zero-order valence-corrected chi connectivity index (χ0v) is 18.5. The molecular formula is C24H33N3O4. The lowest BCUT2D eigenvalue weighted by Crippen LogP contribution is -2.40. The van der Waals surface area contributed by atoms with Gasteiger partial charge in [-0.05, 0) is 44.5 Å². The van der Waals surface area contributed by atoms with E-state index in [1.807, 2.05) is 19.1 Å². The number of rotatable bonds is 9. The van der Waals surface area contributed by atoms with Gasteiger partial charge in [-0.1, -0.05) is 0 Å². The van der Waals surface area contributed by atoms with Crippen molar-refractivity contribution in [1.29, 1.82) is 0 Å². The number of aliphatic imine (C=N–C) groups is 1. The van der Waals surface area contributed by atoms with Crippen molar-refractivity contribution in [3.8, 4) is 11.5 Å². The fraction of sp³-hybridized carbons (Fsp3) is 0.542. The zero-order valence-electron chi connectivity index (χ0n) is 18.5. The third-order valence-corrected chi connectivity index (χ3v) is 5.61. The highest BCUT2D eigenvalue weighted by molar-refractivity contribution is 5.79. The van der Waals surface area contributed by atoms with Gasteiger partial charge in [-0.3, -0.25) is 0 Å². The van der Waals surface area contributed by atoms with E-state index >= 15 is 0 Å². The Morgan fingerprint density at radius 1 is 1.29 bits per heavy atom. The summed E-state index contributed by atoms with van der Waals surface area (Å²) >= 11 is 0. The quantitative estimate of drug-likeness (QED) is 0.472. The van der Waals surface area contributed by atoms with Crippen LogP contribution in [0.1, 0.15) is 37.2 Å². The van der Waals surface area contributed by atoms with Crippen molar-refractivity contribution in [2.75, 3.05) is 32.9 Å². The van der Waals surface area contributed by atoms with E-state index in [2.05, 4.69) is 29.7 Å². The summed E-state index contributed by atoms with van der Waals surface area (Å²) in [5.74, 6) is 4.10. The molecule has 1 aromatic heterocycles. The van der Waals surface area contributed by atoms with Gasteiger partial charge in [0.1, 0.15) is 23.4 Å². The normalized spacial score (nSPS) is 20.4. The summed E-state index contributed by atoms with van der Waals surface area (Å²) in [6.45, 7) is 8.47. The predicted molar refractivity (Wildman–Crippen MR) is 120 cm³/mol. The molecule has 2 aromatic rings. The Morgan fingerprint density at radius 2 is 2.23 bits per heavy atom. The Kier molecular flexibility index (Phi) is 7.35. The van der Waals surface area contributed by atoms with E-state index in [0.29, 0.717) is 19.1 Å². The molecule has 0 bridgehead atoms. The monoisotopic (exact) mass is 427 g/mol. The molecule has 2 N–H and O–H groups in total. The molecule has 2 atom stereocenters. The lowest BCUT2D eigenvalue weighted by atomic mass is 10.1. The molecule has 7 nitrogen and oxygen atoms in total. The lowest BCUT2D eigenvalue weighted by Gasteiger charge is -2.16. The Bertz CT molecular complexity index is 860. The molecule has 31 heavy (non-hydrogen) atoms. The molecule has 1 aromatic carbocycles.